The topological polar surface area (TPSA) is 46.3 Å². The minimum atomic E-state index is -0.0712. The number of aryl methyl sites for hydroxylation is 1. The number of aromatic nitrogens is 1. The highest BCUT2D eigenvalue weighted by Gasteiger charge is 2.25. The van der Waals surface area contributed by atoms with Gasteiger partial charge in [0.1, 0.15) is 5.76 Å². The van der Waals surface area contributed by atoms with Crippen molar-refractivity contribution in [2.24, 2.45) is 0 Å². The first-order valence-electron chi connectivity index (χ1n) is 5.53. The molecule has 0 radical (unpaired) electrons. The van der Waals surface area contributed by atoms with Gasteiger partial charge in [-0.3, -0.25) is 4.79 Å². The molecule has 0 fully saturated rings. The number of fused-ring (bicyclic) bond motifs is 1. The van der Waals surface area contributed by atoms with Crippen LogP contribution in [0.3, 0.4) is 0 Å². The molecule has 4 nitrogen and oxygen atoms in total. The summed E-state index contributed by atoms with van der Waals surface area (Å²) in [6, 6.07) is 9.76. The highest BCUT2D eigenvalue weighted by molar-refractivity contribution is 5.92. The summed E-state index contributed by atoms with van der Waals surface area (Å²) in [6.45, 7) is 3.09. The lowest BCUT2D eigenvalue weighted by Gasteiger charge is -2.12. The second-order valence-corrected chi connectivity index (χ2v) is 4.25. The number of hydrogen-bond acceptors (Lipinski definition) is 3. The summed E-state index contributed by atoms with van der Waals surface area (Å²) in [6.07, 6.45) is 0. The van der Waals surface area contributed by atoms with Crippen molar-refractivity contribution >= 4 is 5.91 Å². The number of carbonyl (C=O) groups excluding carboxylic acids is 1. The second kappa shape index (κ2) is 3.73. The van der Waals surface area contributed by atoms with Crippen LogP contribution in [0.25, 0.3) is 0 Å². The van der Waals surface area contributed by atoms with Crippen LogP contribution in [-0.4, -0.2) is 16.0 Å². The Morgan fingerprint density at radius 3 is 2.47 bits per heavy atom. The van der Waals surface area contributed by atoms with Gasteiger partial charge in [0, 0.05) is 19.2 Å². The summed E-state index contributed by atoms with van der Waals surface area (Å²) in [5.74, 6) is 0.586. The fourth-order valence-corrected chi connectivity index (χ4v) is 2.11. The first-order chi connectivity index (χ1) is 8.24. The molecule has 17 heavy (non-hydrogen) atoms. The van der Waals surface area contributed by atoms with Gasteiger partial charge >= 0.3 is 0 Å². The molecule has 1 aromatic carbocycles. The lowest BCUT2D eigenvalue weighted by molar-refractivity contribution is 0.0741. The van der Waals surface area contributed by atoms with Crippen LogP contribution in [-0.2, 0) is 13.1 Å². The van der Waals surface area contributed by atoms with Gasteiger partial charge in [-0.2, -0.15) is 0 Å². The quantitative estimate of drug-likeness (QED) is 0.751. The van der Waals surface area contributed by atoms with Gasteiger partial charge < -0.3 is 9.42 Å². The molecule has 2 heterocycles. The summed E-state index contributed by atoms with van der Waals surface area (Å²) < 4.78 is 4.92. The van der Waals surface area contributed by atoms with Gasteiger partial charge in [-0.05, 0) is 18.1 Å². The van der Waals surface area contributed by atoms with Crippen LogP contribution in [0.5, 0.6) is 0 Å². The smallest absolute Gasteiger partial charge is 0.276 e. The van der Waals surface area contributed by atoms with E-state index in [1.807, 2.05) is 12.1 Å². The van der Waals surface area contributed by atoms with E-state index in [2.05, 4.69) is 17.3 Å². The third kappa shape index (κ3) is 1.71. The fourth-order valence-electron chi connectivity index (χ4n) is 2.11. The third-order valence-electron chi connectivity index (χ3n) is 2.98. The van der Waals surface area contributed by atoms with Crippen molar-refractivity contribution in [2.75, 3.05) is 0 Å². The Morgan fingerprint density at radius 2 is 1.94 bits per heavy atom. The summed E-state index contributed by atoms with van der Waals surface area (Å²) in [5.41, 5.74) is 2.80. The van der Waals surface area contributed by atoms with E-state index in [0.717, 1.165) is 0 Å². The van der Waals surface area contributed by atoms with E-state index in [4.69, 9.17) is 4.52 Å². The zero-order valence-electron chi connectivity index (χ0n) is 9.51. The lowest BCUT2D eigenvalue weighted by Crippen LogP contribution is -2.25. The first kappa shape index (κ1) is 10.1. The van der Waals surface area contributed by atoms with Crippen molar-refractivity contribution in [3.05, 3.63) is 52.9 Å². The molecule has 1 aliphatic rings. The second-order valence-electron chi connectivity index (χ2n) is 4.25. The van der Waals surface area contributed by atoms with Crippen LogP contribution in [0.2, 0.25) is 0 Å². The van der Waals surface area contributed by atoms with Crippen LogP contribution < -0.4 is 0 Å². The highest BCUT2D eigenvalue weighted by Crippen LogP contribution is 2.23. The van der Waals surface area contributed by atoms with E-state index >= 15 is 0 Å². The van der Waals surface area contributed by atoms with E-state index in [9.17, 15) is 4.79 Å². The van der Waals surface area contributed by atoms with Gasteiger partial charge in [-0.15, -0.1) is 0 Å². The Morgan fingerprint density at radius 1 is 1.29 bits per heavy atom. The monoisotopic (exact) mass is 228 g/mol. The van der Waals surface area contributed by atoms with Gasteiger partial charge in [-0.1, -0.05) is 29.4 Å². The molecule has 0 unspecified atom stereocenters. The van der Waals surface area contributed by atoms with E-state index in [1.165, 1.54) is 11.1 Å². The maximum atomic E-state index is 12.1. The van der Waals surface area contributed by atoms with Gasteiger partial charge in [0.2, 0.25) is 0 Å². The summed E-state index contributed by atoms with van der Waals surface area (Å²) in [5, 5.41) is 3.76. The standard InChI is InChI=1S/C13H12N2O2/c1-9-6-12(14-17-9)13(16)15-7-10-4-2-3-5-11(10)8-15/h2-6H,7-8H2,1H3. The molecular weight excluding hydrogens is 216 g/mol. The molecule has 0 saturated carbocycles. The fraction of sp³-hybridized carbons (Fsp3) is 0.231. The molecule has 3 rings (SSSR count). The number of hydrogen-bond donors (Lipinski definition) is 0. The Kier molecular flexibility index (Phi) is 2.21. The Balaban J connectivity index is 1.83. The largest absolute Gasteiger partial charge is 0.361 e. The number of rotatable bonds is 1. The van der Waals surface area contributed by atoms with Gasteiger partial charge in [-0.25, -0.2) is 0 Å². The third-order valence-corrected chi connectivity index (χ3v) is 2.98. The first-order valence-corrected chi connectivity index (χ1v) is 5.53. The average Bonchev–Trinajstić information content (AvgIpc) is 2.93. The molecule has 0 atom stereocenters. The van der Waals surface area contributed by atoms with Crippen LogP contribution in [0, 0.1) is 6.92 Å². The average molecular weight is 228 g/mol. The van der Waals surface area contributed by atoms with Gasteiger partial charge in [0.05, 0.1) is 0 Å². The maximum absolute atomic E-state index is 12.1. The number of carbonyl (C=O) groups is 1. The number of nitrogens with zero attached hydrogens (tertiary/aromatic N) is 2. The van der Waals surface area contributed by atoms with Crippen LogP contribution in [0.15, 0.2) is 34.9 Å². The molecule has 86 valence electrons. The summed E-state index contributed by atoms with van der Waals surface area (Å²) in [4.78, 5) is 13.9. The van der Waals surface area contributed by atoms with Gasteiger partial charge in [0.15, 0.2) is 5.69 Å². The van der Waals surface area contributed by atoms with Crippen molar-refractivity contribution in [3.8, 4) is 0 Å². The predicted molar refractivity (Wildman–Crippen MR) is 61.3 cm³/mol. The SMILES string of the molecule is Cc1cc(C(=O)N2Cc3ccccc3C2)no1. The minimum Gasteiger partial charge on any atom is -0.361 e. The molecule has 0 bridgehead atoms. The summed E-state index contributed by atoms with van der Waals surface area (Å²) in [7, 11) is 0. The molecule has 0 saturated heterocycles. The molecule has 0 N–H and O–H groups in total. The van der Waals surface area contributed by atoms with Crippen LogP contribution in [0.4, 0.5) is 0 Å². The van der Waals surface area contributed by atoms with Crippen molar-refractivity contribution in [2.45, 2.75) is 20.0 Å². The molecule has 1 amide bonds. The molecule has 1 aliphatic heterocycles. The molecule has 1 aromatic heterocycles. The predicted octanol–water partition coefficient (Wildman–Crippen LogP) is 2.14. The molecule has 2 aromatic rings. The molecule has 0 spiro atoms. The zero-order chi connectivity index (χ0) is 11.8. The van der Waals surface area contributed by atoms with Crippen molar-refractivity contribution in [1.29, 1.82) is 0 Å². The van der Waals surface area contributed by atoms with E-state index in [0.29, 0.717) is 24.5 Å². The van der Waals surface area contributed by atoms with E-state index in [1.54, 1.807) is 17.9 Å². The molecule has 4 heteroatoms. The number of amides is 1. The van der Waals surface area contributed by atoms with Crippen LogP contribution >= 0.6 is 0 Å². The normalized spacial score (nSPS) is 13.8. The molecular formula is C13H12N2O2. The minimum absolute atomic E-state index is 0.0712. The summed E-state index contributed by atoms with van der Waals surface area (Å²) >= 11 is 0. The highest BCUT2D eigenvalue weighted by atomic mass is 16.5. The van der Waals surface area contributed by atoms with Crippen molar-refractivity contribution in [1.82, 2.24) is 10.1 Å². The Labute approximate surface area is 98.8 Å². The lowest BCUT2D eigenvalue weighted by atomic mass is 10.1. The number of benzene rings is 1. The zero-order valence-corrected chi connectivity index (χ0v) is 9.51. The van der Waals surface area contributed by atoms with E-state index < -0.39 is 0 Å². The van der Waals surface area contributed by atoms with E-state index in [-0.39, 0.29) is 5.91 Å². The Bertz CT molecular complexity index is 549. The maximum Gasteiger partial charge on any atom is 0.276 e. The Hall–Kier alpha value is -2.10. The van der Waals surface area contributed by atoms with Crippen molar-refractivity contribution in [3.63, 3.8) is 0 Å². The van der Waals surface area contributed by atoms with Crippen molar-refractivity contribution < 1.29 is 9.32 Å². The van der Waals surface area contributed by atoms with Gasteiger partial charge in [0.25, 0.3) is 5.91 Å². The molecule has 0 aliphatic carbocycles. The van der Waals surface area contributed by atoms with Crippen LogP contribution in [0.1, 0.15) is 27.4 Å².